The Balaban J connectivity index is 2.21. The number of hydrogen-bond acceptors (Lipinski definition) is 4. The molecule has 5 nitrogen and oxygen atoms in total. The Labute approximate surface area is 139 Å². The molecule has 6 heteroatoms. The van der Waals surface area contributed by atoms with Crippen LogP contribution in [0.25, 0.3) is 5.57 Å². The van der Waals surface area contributed by atoms with Crippen molar-refractivity contribution < 1.29 is 14.3 Å². The lowest BCUT2D eigenvalue weighted by molar-refractivity contribution is -0.120. The number of aliphatic hydroxyl groups excluding tert-OH is 1. The molecule has 1 aliphatic rings. The zero-order valence-electron chi connectivity index (χ0n) is 13.2. The van der Waals surface area contributed by atoms with Gasteiger partial charge in [-0.25, -0.2) is 9.37 Å². The summed E-state index contributed by atoms with van der Waals surface area (Å²) < 4.78 is 13.1. The van der Waals surface area contributed by atoms with Gasteiger partial charge in [0.15, 0.2) is 0 Å². The Hall–Kier alpha value is -2.78. The van der Waals surface area contributed by atoms with Crippen molar-refractivity contribution in [1.82, 2.24) is 10.3 Å². The van der Waals surface area contributed by atoms with E-state index in [9.17, 15) is 14.3 Å². The van der Waals surface area contributed by atoms with E-state index in [1.54, 1.807) is 24.4 Å². The van der Waals surface area contributed by atoms with E-state index in [0.717, 1.165) is 11.1 Å². The molecule has 1 aromatic heterocycles. The second kappa shape index (κ2) is 8.18. The molecule has 1 aromatic rings. The zero-order chi connectivity index (χ0) is 17.5. The Kier molecular flexibility index (Phi) is 5.99. The van der Waals surface area contributed by atoms with E-state index in [1.165, 1.54) is 6.92 Å². The van der Waals surface area contributed by atoms with Crippen LogP contribution in [0.1, 0.15) is 24.6 Å². The molecule has 0 fully saturated rings. The lowest BCUT2D eigenvalue weighted by Crippen LogP contribution is -2.44. The summed E-state index contributed by atoms with van der Waals surface area (Å²) >= 11 is 0. The minimum Gasteiger partial charge on any atom is -0.386 e. The summed E-state index contributed by atoms with van der Waals surface area (Å²) in [5.41, 5.74) is 2.69. The number of amides is 1. The summed E-state index contributed by atoms with van der Waals surface area (Å²) in [5.74, 6) is -0.394. The van der Waals surface area contributed by atoms with Gasteiger partial charge in [-0.15, -0.1) is 0 Å². The molecular weight excluding hydrogens is 309 g/mol. The van der Waals surface area contributed by atoms with Crippen molar-refractivity contribution >= 4 is 11.5 Å². The van der Waals surface area contributed by atoms with Crippen LogP contribution >= 0.6 is 0 Å². The van der Waals surface area contributed by atoms with Gasteiger partial charge in [0.2, 0.25) is 5.91 Å². The maximum atomic E-state index is 13.1. The largest absolute Gasteiger partial charge is 0.386 e. The predicted molar refractivity (Wildman–Crippen MR) is 88.4 cm³/mol. The summed E-state index contributed by atoms with van der Waals surface area (Å²) in [6.07, 6.45) is 8.20. The van der Waals surface area contributed by atoms with Crippen LogP contribution in [0.3, 0.4) is 0 Å². The number of pyridine rings is 1. The number of carbonyl (C=O) groups is 1. The lowest BCUT2D eigenvalue weighted by atomic mass is 10.0. The first kappa shape index (κ1) is 17.6. The highest BCUT2D eigenvalue weighted by Crippen LogP contribution is 2.23. The van der Waals surface area contributed by atoms with Gasteiger partial charge in [-0.2, -0.15) is 5.26 Å². The monoisotopic (exact) mass is 327 g/mol. The van der Waals surface area contributed by atoms with Gasteiger partial charge in [0.1, 0.15) is 24.5 Å². The third-order valence-electron chi connectivity index (χ3n) is 3.65. The molecule has 0 bridgehead atoms. The van der Waals surface area contributed by atoms with Crippen molar-refractivity contribution in [3.8, 4) is 6.07 Å². The number of carbonyl (C=O) groups excluding carboxylic acids is 1. The van der Waals surface area contributed by atoms with Crippen molar-refractivity contribution in [2.45, 2.75) is 25.5 Å². The highest BCUT2D eigenvalue weighted by molar-refractivity contribution is 5.73. The van der Waals surface area contributed by atoms with E-state index in [2.05, 4.69) is 10.3 Å². The first-order valence-corrected chi connectivity index (χ1v) is 7.50. The van der Waals surface area contributed by atoms with E-state index in [0.29, 0.717) is 17.7 Å². The molecule has 0 aliphatic heterocycles. The third-order valence-corrected chi connectivity index (χ3v) is 3.65. The van der Waals surface area contributed by atoms with Crippen LogP contribution in [0.15, 0.2) is 48.2 Å². The molecule has 24 heavy (non-hydrogen) atoms. The maximum Gasteiger partial charge on any atom is 0.217 e. The molecule has 2 atom stereocenters. The molecule has 0 spiro atoms. The highest BCUT2D eigenvalue weighted by atomic mass is 19.1. The Morgan fingerprint density at radius 3 is 2.88 bits per heavy atom. The predicted octanol–water partition coefficient (Wildman–Crippen LogP) is 2.06. The summed E-state index contributed by atoms with van der Waals surface area (Å²) in [6, 6.07) is 4.43. The van der Waals surface area contributed by atoms with Gasteiger partial charge >= 0.3 is 0 Å². The van der Waals surface area contributed by atoms with Crippen molar-refractivity contribution in [2.75, 3.05) is 6.67 Å². The number of allylic oxidation sites excluding steroid dienone is 4. The molecule has 0 saturated carbocycles. The van der Waals surface area contributed by atoms with Gasteiger partial charge in [-0.05, 0) is 29.2 Å². The van der Waals surface area contributed by atoms with Crippen molar-refractivity contribution in [1.29, 1.82) is 5.26 Å². The van der Waals surface area contributed by atoms with Gasteiger partial charge in [-0.1, -0.05) is 30.4 Å². The minimum absolute atomic E-state index is 0.344. The second-order valence-corrected chi connectivity index (χ2v) is 5.42. The molecule has 1 aliphatic carbocycles. The highest BCUT2D eigenvalue weighted by Gasteiger charge is 2.22. The molecule has 2 rings (SSSR count). The van der Waals surface area contributed by atoms with E-state index in [4.69, 9.17) is 5.26 Å². The number of nitriles is 1. The third kappa shape index (κ3) is 4.37. The normalized spacial score (nSPS) is 16.2. The first-order chi connectivity index (χ1) is 11.5. The van der Waals surface area contributed by atoms with Crippen LogP contribution in [0.2, 0.25) is 0 Å². The Morgan fingerprint density at radius 2 is 2.29 bits per heavy atom. The van der Waals surface area contributed by atoms with E-state index in [-0.39, 0.29) is 0 Å². The van der Waals surface area contributed by atoms with Crippen LogP contribution < -0.4 is 5.32 Å². The average Bonchev–Trinajstić information content (AvgIpc) is 2.85. The van der Waals surface area contributed by atoms with Crippen LogP contribution in [0, 0.1) is 11.3 Å². The number of alkyl halides is 1. The van der Waals surface area contributed by atoms with Gasteiger partial charge in [0.05, 0.1) is 6.04 Å². The Morgan fingerprint density at radius 1 is 1.50 bits per heavy atom. The number of nitrogens with zero attached hydrogens (tertiary/aromatic N) is 2. The first-order valence-electron chi connectivity index (χ1n) is 7.50. The summed E-state index contributed by atoms with van der Waals surface area (Å²) in [6.45, 7) is 0.421. The number of halogens is 1. The topological polar surface area (TPSA) is 86.0 Å². The summed E-state index contributed by atoms with van der Waals surface area (Å²) in [4.78, 5) is 15.1. The molecule has 2 N–H and O–H groups in total. The number of aliphatic hydroxyl groups is 1. The zero-order valence-corrected chi connectivity index (χ0v) is 13.2. The molecule has 1 amide bonds. The van der Waals surface area contributed by atoms with E-state index >= 15 is 0 Å². The van der Waals surface area contributed by atoms with Gasteiger partial charge in [-0.3, -0.25) is 4.79 Å². The number of rotatable bonds is 5. The van der Waals surface area contributed by atoms with Crippen molar-refractivity contribution in [3.63, 3.8) is 0 Å². The average molecular weight is 327 g/mol. The minimum atomic E-state index is -1.13. The number of nitrogens with one attached hydrogen (secondary N) is 1. The van der Waals surface area contributed by atoms with E-state index in [1.807, 2.05) is 24.3 Å². The van der Waals surface area contributed by atoms with Crippen molar-refractivity contribution in [3.05, 3.63) is 59.5 Å². The van der Waals surface area contributed by atoms with Crippen LogP contribution in [-0.4, -0.2) is 34.8 Å². The maximum absolute atomic E-state index is 13.1. The molecule has 124 valence electrons. The fourth-order valence-corrected chi connectivity index (χ4v) is 2.40. The van der Waals surface area contributed by atoms with Crippen LogP contribution in [0.4, 0.5) is 4.39 Å². The molecule has 0 radical (unpaired) electrons. The summed E-state index contributed by atoms with van der Waals surface area (Å²) in [5, 5.41) is 21.5. The van der Waals surface area contributed by atoms with Gasteiger partial charge in [0, 0.05) is 13.1 Å². The molecular formula is C18H18FN3O2. The summed E-state index contributed by atoms with van der Waals surface area (Å²) in [7, 11) is 0. The number of hydrogen-bond donors (Lipinski definition) is 2. The molecule has 2 unspecified atom stereocenters. The van der Waals surface area contributed by atoms with Crippen molar-refractivity contribution in [2.24, 2.45) is 0 Å². The van der Waals surface area contributed by atoms with Gasteiger partial charge in [0.25, 0.3) is 0 Å². The Bertz CT molecular complexity index is 730. The second-order valence-electron chi connectivity index (χ2n) is 5.42. The smallest absolute Gasteiger partial charge is 0.217 e. The quantitative estimate of drug-likeness (QED) is 0.867. The fourth-order valence-electron chi connectivity index (χ4n) is 2.40. The van der Waals surface area contributed by atoms with Crippen LogP contribution in [-0.2, 0) is 4.79 Å². The molecule has 0 saturated heterocycles. The fraction of sp³-hybridized carbons (Fsp3) is 0.278. The standard InChI is InChI=1S/C18H18FN3O2/c1-12(23)22-17(9-19)18(24)14-4-2-3-13(5-6-14)15-7-8-16(10-20)21-11-15/h2,4-8,11,17-18,24H,3,9H2,1H3,(H,22,23). The SMILES string of the molecule is CC(=O)NC(CF)C(O)C1=CC=C(c2ccc(C#N)nc2)CC=C1. The molecule has 1 heterocycles. The molecule has 0 aromatic carbocycles. The van der Waals surface area contributed by atoms with E-state index < -0.39 is 24.7 Å². The number of aromatic nitrogens is 1. The van der Waals surface area contributed by atoms with Gasteiger partial charge < -0.3 is 10.4 Å². The van der Waals surface area contributed by atoms with Crippen LogP contribution in [0.5, 0.6) is 0 Å². The lowest BCUT2D eigenvalue weighted by Gasteiger charge is -2.21.